The lowest BCUT2D eigenvalue weighted by Gasteiger charge is -2.38. The van der Waals surface area contributed by atoms with Crippen molar-refractivity contribution in [3.8, 4) is 0 Å². The van der Waals surface area contributed by atoms with Crippen molar-refractivity contribution in [2.45, 2.75) is 18.9 Å². The summed E-state index contributed by atoms with van der Waals surface area (Å²) in [5, 5.41) is 0. The van der Waals surface area contributed by atoms with Crippen LogP contribution < -0.4 is 5.73 Å². The molecular formula is C7H14F2N2. The van der Waals surface area contributed by atoms with Gasteiger partial charge in [-0.25, -0.2) is 8.78 Å². The Morgan fingerprint density at radius 3 is 2.55 bits per heavy atom. The zero-order valence-electron chi connectivity index (χ0n) is 6.85. The average Bonchev–Trinajstić information content (AvgIpc) is 1.81. The van der Waals surface area contributed by atoms with Gasteiger partial charge in [-0.1, -0.05) is 6.92 Å². The van der Waals surface area contributed by atoms with Gasteiger partial charge in [0.25, 0.3) is 5.92 Å². The van der Waals surface area contributed by atoms with Gasteiger partial charge in [0.15, 0.2) is 0 Å². The summed E-state index contributed by atoms with van der Waals surface area (Å²) in [6.45, 7) is 2.21. The second-order valence-corrected chi connectivity index (χ2v) is 3.46. The third kappa shape index (κ3) is 1.68. The molecule has 1 aliphatic rings. The van der Waals surface area contributed by atoms with Crippen LogP contribution in [0.3, 0.4) is 0 Å². The Kier molecular flexibility index (Phi) is 2.16. The van der Waals surface area contributed by atoms with Crippen molar-refractivity contribution in [2.24, 2.45) is 11.7 Å². The van der Waals surface area contributed by atoms with E-state index in [0.29, 0.717) is 6.54 Å². The maximum absolute atomic E-state index is 12.9. The number of hydrogen-bond acceptors (Lipinski definition) is 2. The average molecular weight is 164 g/mol. The molecule has 0 radical (unpaired) electrons. The summed E-state index contributed by atoms with van der Waals surface area (Å²) in [5.74, 6) is -2.84. The predicted octanol–water partition coefficient (Wildman–Crippen LogP) is 0.531. The van der Waals surface area contributed by atoms with Gasteiger partial charge in [0, 0.05) is 6.54 Å². The molecule has 1 fully saturated rings. The summed E-state index contributed by atoms with van der Waals surface area (Å²) in [5.41, 5.74) is 5.34. The minimum absolute atomic E-state index is 0.122. The van der Waals surface area contributed by atoms with Crippen LogP contribution in [0.5, 0.6) is 0 Å². The maximum atomic E-state index is 12.9. The largest absolute Gasteiger partial charge is 0.322 e. The van der Waals surface area contributed by atoms with E-state index in [1.165, 1.54) is 0 Å². The summed E-state index contributed by atoms with van der Waals surface area (Å²) in [6, 6.07) is -0.973. The predicted molar refractivity (Wildman–Crippen MR) is 39.6 cm³/mol. The van der Waals surface area contributed by atoms with Gasteiger partial charge in [0.2, 0.25) is 0 Å². The molecule has 1 heterocycles. The van der Waals surface area contributed by atoms with Crippen molar-refractivity contribution in [3.63, 3.8) is 0 Å². The van der Waals surface area contributed by atoms with Gasteiger partial charge in [-0.3, -0.25) is 0 Å². The number of likely N-dealkylation sites (tertiary alicyclic amines) is 1. The molecule has 0 aromatic rings. The summed E-state index contributed by atoms with van der Waals surface area (Å²) in [4.78, 5) is 1.62. The van der Waals surface area contributed by atoms with Gasteiger partial charge in [-0.05, 0) is 13.0 Å². The molecule has 0 unspecified atom stereocenters. The molecule has 2 N–H and O–H groups in total. The zero-order valence-corrected chi connectivity index (χ0v) is 6.85. The highest BCUT2D eigenvalue weighted by molar-refractivity contribution is 4.92. The first-order valence-electron chi connectivity index (χ1n) is 3.75. The Morgan fingerprint density at radius 2 is 2.09 bits per heavy atom. The number of alkyl halides is 2. The van der Waals surface area contributed by atoms with E-state index in [2.05, 4.69) is 0 Å². The molecule has 2 nitrogen and oxygen atoms in total. The molecule has 66 valence electrons. The lowest BCUT2D eigenvalue weighted by atomic mass is 9.92. The highest BCUT2D eigenvalue weighted by Gasteiger charge is 2.44. The Balaban J connectivity index is 2.67. The van der Waals surface area contributed by atoms with Crippen LogP contribution in [0.4, 0.5) is 8.78 Å². The maximum Gasteiger partial charge on any atom is 0.275 e. The van der Waals surface area contributed by atoms with Crippen LogP contribution in [0.1, 0.15) is 6.92 Å². The molecule has 4 heteroatoms. The van der Waals surface area contributed by atoms with E-state index in [0.717, 1.165) is 0 Å². The van der Waals surface area contributed by atoms with Crippen LogP contribution in [-0.4, -0.2) is 37.0 Å². The van der Waals surface area contributed by atoms with E-state index in [4.69, 9.17) is 5.73 Å². The topological polar surface area (TPSA) is 29.3 Å². The van der Waals surface area contributed by atoms with Crippen LogP contribution in [0.25, 0.3) is 0 Å². The number of piperidine rings is 1. The summed E-state index contributed by atoms with van der Waals surface area (Å²) < 4.78 is 25.9. The van der Waals surface area contributed by atoms with E-state index in [1.807, 2.05) is 0 Å². The van der Waals surface area contributed by atoms with Gasteiger partial charge in [0.1, 0.15) is 0 Å². The number of hydrogen-bond donors (Lipinski definition) is 1. The standard InChI is InChI=1S/C7H14F2N2/c1-5-3-11(2)4-7(8,9)6(5)10/h5-6H,3-4,10H2,1-2H3/t5-,6-/m0/s1. The Morgan fingerprint density at radius 1 is 1.55 bits per heavy atom. The third-order valence-corrected chi connectivity index (χ3v) is 2.18. The molecule has 1 aliphatic heterocycles. The molecule has 0 bridgehead atoms. The van der Waals surface area contributed by atoms with Crippen molar-refractivity contribution in [2.75, 3.05) is 20.1 Å². The SMILES string of the molecule is C[C@H]1CN(C)CC(F)(F)[C@H]1N. The Bertz CT molecular complexity index is 149. The fourth-order valence-corrected chi connectivity index (χ4v) is 1.55. The molecule has 0 aromatic heterocycles. The number of halogens is 2. The normalized spacial score (nSPS) is 39.0. The first-order valence-corrected chi connectivity index (χ1v) is 3.75. The minimum atomic E-state index is -2.72. The number of nitrogens with two attached hydrogens (primary N) is 1. The van der Waals surface area contributed by atoms with Gasteiger partial charge < -0.3 is 10.6 Å². The smallest absolute Gasteiger partial charge is 0.275 e. The first-order chi connectivity index (χ1) is 4.93. The molecule has 2 atom stereocenters. The molecular weight excluding hydrogens is 150 g/mol. The van der Waals surface area contributed by atoms with Crippen LogP contribution in [-0.2, 0) is 0 Å². The van der Waals surface area contributed by atoms with E-state index < -0.39 is 12.0 Å². The van der Waals surface area contributed by atoms with Crippen molar-refractivity contribution < 1.29 is 8.78 Å². The monoisotopic (exact) mass is 164 g/mol. The summed E-state index contributed by atoms with van der Waals surface area (Å²) >= 11 is 0. The lowest BCUT2D eigenvalue weighted by Crippen LogP contribution is -2.58. The third-order valence-electron chi connectivity index (χ3n) is 2.18. The van der Waals surface area contributed by atoms with Crippen molar-refractivity contribution >= 4 is 0 Å². The quantitative estimate of drug-likeness (QED) is 0.566. The molecule has 0 saturated carbocycles. The number of rotatable bonds is 0. The van der Waals surface area contributed by atoms with E-state index >= 15 is 0 Å². The first kappa shape index (κ1) is 8.87. The summed E-state index contributed by atoms with van der Waals surface area (Å²) in [6.07, 6.45) is 0. The molecule has 1 rings (SSSR count). The fourth-order valence-electron chi connectivity index (χ4n) is 1.55. The van der Waals surface area contributed by atoms with Crippen molar-refractivity contribution in [3.05, 3.63) is 0 Å². The van der Waals surface area contributed by atoms with E-state index in [9.17, 15) is 8.78 Å². The van der Waals surface area contributed by atoms with E-state index in [1.54, 1.807) is 18.9 Å². The molecule has 0 spiro atoms. The van der Waals surface area contributed by atoms with Crippen molar-refractivity contribution in [1.29, 1.82) is 0 Å². The Hall–Kier alpha value is -0.220. The van der Waals surface area contributed by atoms with Crippen LogP contribution in [0, 0.1) is 5.92 Å². The van der Waals surface area contributed by atoms with Gasteiger partial charge in [0.05, 0.1) is 12.6 Å². The molecule has 11 heavy (non-hydrogen) atoms. The molecule has 0 aliphatic carbocycles. The van der Waals surface area contributed by atoms with Crippen LogP contribution in [0.15, 0.2) is 0 Å². The van der Waals surface area contributed by atoms with Gasteiger partial charge >= 0.3 is 0 Å². The highest BCUT2D eigenvalue weighted by Crippen LogP contribution is 2.28. The van der Waals surface area contributed by atoms with E-state index in [-0.39, 0.29) is 12.5 Å². The minimum Gasteiger partial charge on any atom is -0.322 e. The second kappa shape index (κ2) is 2.68. The molecule has 0 amide bonds. The second-order valence-electron chi connectivity index (χ2n) is 3.46. The number of nitrogens with zero attached hydrogens (tertiary/aromatic N) is 1. The highest BCUT2D eigenvalue weighted by atomic mass is 19.3. The zero-order chi connectivity index (χ0) is 8.65. The van der Waals surface area contributed by atoms with Gasteiger partial charge in [-0.15, -0.1) is 0 Å². The van der Waals surface area contributed by atoms with Crippen LogP contribution in [0.2, 0.25) is 0 Å². The molecule has 0 aromatic carbocycles. The van der Waals surface area contributed by atoms with Gasteiger partial charge in [-0.2, -0.15) is 0 Å². The fraction of sp³-hybridized carbons (Fsp3) is 1.00. The van der Waals surface area contributed by atoms with Crippen LogP contribution >= 0.6 is 0 Å². The molecule has 1 saturated heterocycles. The summed E-state index contributed by atoms with van der Waals surface area (Å²) in [7, 11) is 1.69. The van der Waals surface area contributed by atoms with Crippen molar-refractivity contribution in [1.82, 2.24) is 4.90 Å². The Labute approximate surface area is 65.4 Å². The lowest BCUT2D eigenvalue weighted by molar-refractivity contribution is -0.0920.